The van der Waals surface area contributed by atoms with Crippen LogP contribution in [0.3, 0.4) is 0 Å². The minimum absolute atomic E-state index is 0.270. The van der Waals surface area contributed by atoms with Gasteiger partial charge in [-0.05, 0) is 12.8 Å². The van der Waals surface area contributed by atoms with Crippen molar-refractivity contribution in [3.63, 3.8) is 0 Å². The highest BCUT2D eigenvalue weighted by atomic mass is 32.2. The number of hydrogen-bond donors (Lipinski definition) is 0. The van der Waals surface area contributed by atoms with Crippen molar-refractivity contribution >= 4 is 20.6 Å². The van der Waals surface area contributed by atoms with Gasteiger partial charge in [-0.3, -0.25) is 4.21 Å². The number of unbranched alkanes of at least 4 members (excludes halogenated alkanes) is 7. The number of sulfone groups is 1. The molecule has 5 heteroatoms. The van der Waals surface area contributed by atoms with Gasteiger partial charge >= 0.3 is 0 Å². The van der Waals surface area contributed by atoms with E-state index in [2.05, 4.69) is 0 Å². The maximum Gasteiger partial charge on any atom is 0.150 e. The molecule has 0 aromatic rings. The summed E-state index contributed by atoms with van der Waals surface area (Å²) in [6, 6.07) is 0. The summed E-state index contributed by atoms with van der Waals surface area (Å²) in [4.78, 5) is 0. The van der Waals surface area contributed by atoms with E-state index in [0.717, 1.165) is 37.2 Å². The molecule has 116 valence electrons. The van der Waals surface area contributed by atoms with Crippen LogP contribution in [0.1, 0.15) is 65.2 Å². The van der Waals surface area contributed by atoms with Gasteiger partial charge in [0, 0.05) is 28.1 Å². The summed E-state index contributed by atoms with van der Waals surface area (Å²) in [6.45, 7) is 3.68. The average Bonchev–Trinajstić information content (AvgIpc) is 2.40. The fourth-order valence-electron chi connectivity index (χ4n) is 1.93. The van der Waals surface area contributed by atoms with E-state index in [1.54, 1.807) is 6.92 Å². The first-order valence-corrected chi connectivity index (χ1v) is 10.9. The third-order valence-corrected chi connectivity index (χ3v) is 6.52. The summed E-state index contributed by atoms with van der Waals surface area (Å²) in [6.07, 6.45) is 8.87. The normalized spacial score (nSPS) is 13.6. The Morgan fingerprint density at radius 1 is 0.789 bits per heavy atom. The summed E-state index contributed by atoms with van der Waals surface area (Å²) < 4.78 is 33.7. The van der Waals surface area contributed by atoms with Gasteiger partial charge < -0.3 is 0 Å². The lowest BCUT2D eigenvalue weighted by Gasteiger charge is -2.03. The third-order valence-electron chi connectivity index (χ3n) is 3.34. The van der Waals surface area contributed by atoms with Crippen molar-refractivity contribution in [3.8, 4) is 0 Å². The fraction of sp³-hybridized carbons (Fsp3) is 1.00. The van der Waals surface area contributed by atoms with E-state index in [1.807, 2.05) is 6.92 Å². The molecule has 0 saturated carbocycles. The molecule has 0 amide bonds. The van der Waals surface area contributed by atoms with Crippen LogP contribution in [-0.4, -0.2) is 35.6 Å². The Kier molecular flexibility index (Phi) is 12.0. The molecule has 3 nitrogen and oxygen atoms in total. The van der Waals surface area contributed by atoms with Gasteiger partial charge in [0.2, 0.25) is 0 Å². The van der Waals surface area contributed by atoms with E-state index in [9.17, 15) is 12.6 Å². The molecular weight excluding hydrogens is 280 g/mol. The standard InChI is InChI=1S/C14H30O3S2/c1-3-18(15)13-11-9-7-5-6-8-10-12-14-19(16,17)4-2/h3-14H2,1-2H3. The molecule has 0 aliphatic carbocycles. The summed E-state index contributed by atoms with van der Waals surface area (Å²) in [5, 5.41) is 0. The molecule has 0 rings (SSSR count). The van der Waals surface area contributed by atoms with E-state index >= 15 is 0 Å². The van der Waals surface area contributed by atoms with E-state index in [1.165, 1.54) is 25.7 Å². The van der Waals surface area contributed by atoms with Crippen molar-refractivity contribution in [2.75, 3.05) is 23.0 Å². The quantitative estimate of drug-likeness (QED) is 0.490. The van der Waals surface area contributed by atoms with Crippen LogP contribution in [0.2, 0.25) is 0 Å². The summed E-state index contributed by atoms with van der Waals surface area (Å²) >= 11 is 0. The van der Waals surface area contributed by atoms with Crippen LogP contribution >= 0.6 is 0 Å². The van der Waals surface area contributed by atoms with Gasteiger partial charge in [0.05, 0.1) is 5.75 Å². The lowest BCUT2D eigenvalue weighted by Crippen LogP contribution is -2.08. The fourth-order valence-corrected chi connectivity index (χ4v) is 3.68. The second kappa shape index (κ2) is 11.9. The predicted molar refractivity (Wildman–Crippen MR) is 84.8 cm³/mol. The Hall–Kier alpha value is 0.1000. The SMILES string of the molecule is CCS(=O)CCCCCCCCCCS(=O)(=O)CC. The molecule has 1 atom stereocenters. The van der Waals surface area contributed by atoms with Crippen LogP contribution in [0.5, 0.6) is 0 Å². The van der Waals surface area contributed by atoms with Gasteiger partial charge in [-0.25, -0.2) is 8.42 Å². The van der Waals surface area contributed by atoms with Gasteiger partial charge in [-0.2, -0.15) is 0 Å². The van der Waals surface area contributed by atoms with Crippen molar-refractivity contribution in [3.05, 3.63) is 0 Å². The van der Waals surface area contributed by atoms with E-state index in [0.29, 0.717) is 5.75 Å². The zero-order valence-corrected chi connectivity index (χ0v) is 14.2. The molecule has 0 bridgehead atoms. The Morgan fingerprint density at radius 3 is 1.74 bits per heavy atom. The molecule has 0 aliphatic rings. The van der Waals surface area contributed by atoms with Crippen LogP contribution < -0.4 is 0 Å². The highest BCUT2D eigenvalue weighted by Gasteiger charge is 2.05. The second-order valence-corrected chi connectivity index (χ2v) is 9.34. The van der Waals surface area contributed by atoms with Crippen molar-refractivity contribution in [1.82, 2.24) is 0 Å². The molecule has 0 aromatic heterocycles. The largest absolute Gasteiger partial charge is 0.260 e. The third kappa shape index (κ3) is 12.9. The number of hydrogen-bond acceptors (Lipinski definition) is 3. The zero-order valence-electron chi connectivity index (χ0n) is 12.5. The monoisotopic (exact) mass is 310 g/mol. The van der Waals surface area contributed by atoms with Gasteiger partial charge in [0.15, 0.2) is 0 Å². The molecule has 0 fully saturated rings. The Morgan fingerprint density at radius 2 is 1.26 bits per heavy atom. The lowest BCUT2D eigenvalue weighted by atomic mass is 10.1. The van der Waals surface area contributed by atoms with E-state index in [4.69, 9.17) is 0 Å². The van der Waals surface area contributed by atoms with E-state index < -0.39 is 20.6 Å². The molecule has 0 N–H and O–H groups in total. The van der Waals surface area contributed by atoms with Crippen LogP contribution in [0.15, 0.2) is 0 Å². The average molecular weight is 311 g/mol. The zero-order chi connectivity index (χ0) is 14.6. The molecule has 19 heavy (non-hydrogen) atoms. The van der Waals surface area contributed by atoms with Gasteiger partial charge in [0.1, 0.15) is 9.84 Å². The van der Waals surface area contributed by atoms with Gasteiger partial charge in [-0.1, -0.05) is 52.4 Å². The minimum atomic E-state index is -2.76. The Balaban J connectivity index is 3.22. The number of rotatable bonds is 13. The van der Waals surface area contributed by atoms with Crippen molar-refractivity contribution in [2.45, 2.75) is 65.2 Å². The molecule has 0 radical (unpaired) electrons. The summed E-state index contributed by atoms with van der Waals surface area (Å²) in [5.41, 5.74) is 0. The maximum atomic E-state index is 11.3. The van der Waals surface area contributed by atoms with Crippen LogP contribution in [0.25, 0.3) is 0 Å². The molecular formula is C14H30O3S2. The molecule has 1 unspecified atom stereocenters. The van der Waals surface area contributed by atoms with Crippen LogP contribution in [-0.2, 0) is 20.6 Å². The topological polar surface area (TPSA) is 51.2 Å². The van der Waals surface area contributed by atoms with Crippen molar-refractivity contribution < 1.29 is 12.6 Å². The van der Waals surface area contributed by atoms with Gasteiger partial charge in [0.25, 0.3) is 0 Å². The second-order valence-electron chi connectivity index (χ2n) is 5.00. The molecule has 0 saturated heterocycles. The first-order valence-electron chi connectivity index (χ1n) is 7.57. The highest BCUT2D eigenvalue weighted by molar-refractivity contribution is 7.91. The Labute approximate surface area is 121 Å². The maximum absolute atomic E-state index is 11.3. The highest BCUT2D eigenvalue weighted by Crippen LogP contribution is 2.09. The van der Waals surface area contributed by atoms with Crippen molar-refractivity contribution in [2.24, 2.45) is 0 Å². The first-order chi connectivity index (χ1) is 9.02. The molecule has 0 spiro atoms. The molecule has 0 heterocycles. The predicted octanol–water partition coefficient (Wildman–Crippen LogP) is 3.31. The first kappa shape index (κ1) is 19.1. The Bertz CT molecular complexity index is 324. The van der Waals surface area contributed by atoms with Gasteiger partial charge in [-0.15, -0.1) is 0 Å². The smallest absolute Gasteiger partial charge is 0.150 e. The molecule has 0 aromatic carbocycles. The summed E-state index contributed by atoms with van der Waals surface area (Å²) in [5.74, 6) is 2.25. The van der Waals surface area contributed by atoms with Crippen LogP contribution in [0, 0.1) is 0 Å². The van der Waals surface area contributed by atoms with Crippen molar-refractivity contribution in [1.29, 1.82) is 0 Å². The molecule has 0 aliphatic heterocycles. The lowest BCUT2D eigenvalue weighted by molar-refractivity contribution is 0.573. The summed E-state index contributed by atoms with van der Waals surface area (Å²) in [7, 11) is -3.37. The van der Waals surface area contributed by atoms with E-state index in [-0.39, 0.29) is 5.75 Å². The van der Waals surface area contributed by atoms with Crippen LogP contribution in [0.4, 0.5) is 0 Å². The minimum Gasteiger partial charge on any atom is -0.260 e.